The molecule has 0 saturated heterocycles. The van der Waals surface area contributed by atoms with Crippen LogP contribution in [-0.4, -0.2) is 54.2 Å². The van der Waals surface area contributed by atoms with Crippen molar-refractivity contribution in [1.29, 1.82) is 0 Å². The highest BCUT2D eigenvalue weighted by Gasteiger charge is 2.34. The molecule has 0 atom stereocenters. The smallest absolute Gasteiger partial charge is 0.261 e. The number of rotatable bonds is 6. The number of halogens is 2. The molecule has 8 heteroatoms. The summed E-state index contributed by atoms with van der Waals surface area (Å²) in [7, 11) is 1.74. The third-order valence-electron chi connectivity index (χ3n) is 4.20. The van der Waals surface area contributed by atoms with Gasteiger partial charge in [-0.25, -0.2) is 0 Å². The van der Waals surface area contributed by atoms with Crippen LogP contribution in [0.15, 0.2) is 42.5 Å². The normalized spacial score (nSPS) is 13.3. The minimum Gasteiger partial charge on any atom is -0.325 e. The quantitative estimate of drug-likeness (QED) is 0.749. The number of anilines is 1. The summed E-state index contributed by atoms with van der Waals surface area (Å²) in [6, 6.07) is 11.6. The standard InChI is InChI=1S/C19H17Cl2N3O3/c1-23(11-17(25)22-12-6-7-15(20)16(21)10-12)8-9-24-18(26)13-4-2-3-5-14(13)19(24)27/h2-7,10H,8-9,11H2,1H3,(H,22,25). The lowest BCUT2D eigenvalue weighted by Crippen LogP contribution is -2.39. The predicted octanol–water partition coefficient (Wildman–Crippen LogP) is 3.16. The number of nitrogens with one attached hydrogen (secondary N) is 1. The van der Waals surface area contributed by atoms with Gasteiger partial charge in [-0.1, -0.05) is 35.3 Å². The average molecular weight is 406 g/mol. The van der Waals surface area contributed by atoms with Crippen LogP contribution in [0.3, 0.4) is 0 Å². The zero-order valence-electron chi connectivity index (χ0n) is 14.5. The van der Waals surface area contributed by atoms with E-state index in [4.69, 9.17) is 23.2 Å². The minimum atomic E-state index is -0.302. The number of carbonyl (C=O) groups excluding carboxylic acids is 3. The van der Waals surface area contributed by atoms with Crippen LogP contribution in [0.25, 0.3) is 0 Å². The lowest BCUT2D eigenvalue weighted by atomic mass is 10.1. The first-order chi connectivity index (χ1) is 12.9. The summed E-state index contributed by atoms with van der Waals surface area (Å²) in [4.78, 5) is 39.7. The Hall–Kier alpha value is -2.41. The molecule has 0 spiro atoms. The fourth-order valence-corrected chi connectivity index (χ4v) is 3.11. The number of carbonyl (C=O) groups is 3. The lowest BCUT2D eigenvalue weighted by molar-refractivity contribution is -0.117. The molecule has 1 N–H and O–H groups in total. The van der Waals surface area contributed by atoms with Crippen LogP contribution < -0.4 is 5.32 Å². The largest absolute Gasteiger partial charge is 0.325 e. The first-order valence-electron chi connectivity index (χ1n) is 8.25. The number of benzene rings is 2. The number of amides is 3. The summed E-state index contributed by atoms with van der Waals surface area (Å²) in [5.41, 5.74) is 1.38. The Morgan fingerprint density at radius 1 is 1.04 bits per heavy atom. The number of hydrogen-bond acceptors (Lipinski definition) is 4. The molecule has 0 aromatic heterocycles. The van der Waals surface area contributed by atoms with Gasteiger partial charge in [-0.2, -0.15) is 0 Å². The molecule has 3 rings (SSSR count). The van der Waals surface area contributed by atoms with Crippen molar-refractivity contribution < 1.29 is 14.4 Å². The Labute approximate surface area is 166 Å². The van der Waals surface area contributed by atoms with Gasteiger partial charge in [0.05, 0.1) is 27.7 Å². The molecule has 1 heterocycles. The van der Waals surface area contributed by atoms with Gasteiger partial charge in [-0.3, -0.25) is 24.2 Å². The van der Waals surface area contributed by atoms with Gasteiger partial charge in [0, 0.05) is 18.8 Å². The van der Waals surface area contributed by atoms with Gasteiger partial charge in [0.15, 0.2) is 0 Å². The van der Waals surface area contributed by atoms with E-state index in [-0.39, 0.29) is 30.8 Å². The molecule has 2 aromatic rings. The molecule has 1 aliphatic rings. The fraction of sp³-hybridized carbons (Fsp3) is 0.211. The van der Waals surface area contributed by atoms with Crippen LogP contribution in [0, 0.1) is 0 Å². The van der Waals surface area contributed by atoms with Crippen LogP contribution in [0.4, 0.5) is 5.69 Å². The molecule has 0 saturated carbocycles. The number of hydrogen-bond donors (Lipinski definition) is 1. The highest BCUT2D eigenvalue weighted by molar-refractivity contribution is 6.42. The molecular weight excluding hydrogens is 389 g/mol. The van der Waals surface area contributed by atoms with Gasteiger partial charge in [-0.15, -0.1) is 0 Å². The third kappa shape index (κ3) is 4.30. The monoisotopic (exact) mass is 405 g/mol. The van der Waals surface area contributed by atoms with Crippen molar-refractivity contribution in [3.63, 3.8) is 0 Å². The average Bonchev–Trinajstić information content (AvgIpc) is 2.87. The van der Waals surface area contributed by atoms with Crippen molar-refractivity contribution in [1.82, 2.24) is 9.80 Å². The number of nitrogens with zero attached hydrogens (tertiary/aromatic N) is 2. The van der Waals surface area contributed by atoms with Crippen molar-refractivity contribution in [2.24, 2.45) is 0 Å². The Kier molecular flexibility index (Phi) is 5.79. The van der Waals surface area contributed by atoms with Gasteiger partial charge < -0.3 is 5.32 Å². The number of fused-ring (bicyclic) bond motifs is 1. The molecule has 6 nitrogen and oxygen atoms in total. The van der Waals surface area contributed by atoms with E-state index < -0.39 is 0 Å². The SMILES string of the molecule is CN(CCN1C(=O)c2ccccc2C1=O)CC(=O)Nc1ccc(Cl)c(Cl)c1. The molecule has 3 amide bonds. The summed E-state index contributed by atoms with van der Waals surface area (Å²) in [6.07, 6.45) is 0. The molecule has 27 heavy (non-hydrogen) atoms. The second-order valence-electron chi connectivity index (χ2n) is 6.22. The molecule has 0 radical (unpaired) electrons. The van der Waals surface area contributed by atoms with E-state index in [0.717, 1.165) is 0 Å². The Morgan fingerprint density at radius 2 is 1.67 bits per heavy atom. The van der Waals surface area contributed by atoms with E-state index in [0.29, 0.717) is 33.4 Å². The van der Waals surface area contributed by atoms with Crippen molar-refractivity contribution in [3.8, 4) is 0 Å². The van der Waals surface area contributed by atoms with E-state index in [1.165, 1.54) is 4.90 Å². The third-order valence-corrected chi connectivity index (χ3v) is 4.94. The zero-order valence-corrected chi connectivity index (χ0v) is 16.0. The van der Waals surface area contributed by atoms with Crippen molar-refractivity contribution in [3.05, 3.63) is 63.6 Å². The Balaban J connectivity index is 1.52. The molecule has 140 valence electrons. The van der Waals surface area contributed by atoms with Gasteiger partial charge in [0.1, 0.15) is 0 Å². The van der Waals surface area contributed by atoms with Crippen LogP contribution in [0.2, 0.25) is 10.0 Å². The van der Waals surface area contributed by atoms with Crippen molar-refractivity contribution >= 4 is 46.6 Å². The highest BCUT2D eigenvalue weighted by Crippen LogP contribution is 2.25. The van der Waals surface area contributed by atoms with Gasteiger partial charge in [0.2, 0.25) is 5.91 Å². The highest BCUT2D eigenvalue weighted by atomic mass is 35.5. The van der Waals surface area contributed by atoms with Crippen molar-refractivity contribution in [2.75, 3.05) is 32.0 Å². The molecule has 0 aliphatic carbocycles. The number of likely N-dealkylation sites (N-methyl/N-ethyl adjacent to an activating group) is 1. The summed E-state index contributed by atoms with van der Waals surface area (Å²) in [5.74, 6) is -0.841. The minimum absolute atomic E-state index is 0.101. The zero-order chi connectivity index (χ0) is 19.6. The van der Waals surface area contributed by atoms with Gasteiger partial charge >= 0.3 is 0 Å². The van der Waals surface area contributed by atoms with Crippen LogP contribution in [-0.2, 0) is 4.79 Å². The van der Waals surface area contributed by atoms with Crippen LogP contribution in [0.5, 0.6) is 0 Å². The Bertz CT molecular complexity index is 882. The van der Waals surface area contributed by atoms with Gasteiger partial charge in [0.25, 0.3) is 11.8 Å². The molecule has 0 unspecified atom stereocenters. The maximum Gasteiger partial charge on any atom is 0.261 e. The van der Waals surface area contributed by atoms with E-state index in [1.54, 1.807) is 54.4 Å². The first-order valence-corrected chi connectivity index (χ1v) is 9.01. The molecule has 0 bridgehead atoms. The second-order valence-corrected chi connectivity index (χ2v) is 7.04. The predicted molar refractivity (Wildman–Crippen MR) is 104 cm³/mol. The van der Waals surface area contributed by atoms with Crippen LogP contribution in [0.1, 0.15) is 20.7 Å². The molecule has 2 aromatic carbocycles. The fourth-order valence-electron chi connectivity index (χ4n) is 2.81. The lowest BCUT2D eigenvalue weighted by Gasteiger charge is -2.20. The maximum atomic E-state index is 12.3. The summed E-state index contributed by atoms with van der Waals surface area (Å²) >= 11 is 11.8. The van der Waals surface area contributed by atoms with Gasteiger partial charge in [-0.05, 0) is 37.4 Å². The first kappa shape index (κ1) is 19.4. The van der Waals surface area contributed by atoms with E-state index in [9.17, 15) is 14.4 Å². The van der Waals surface area contributed by atoms with Crippen LogP contribution >= 0.6 is 23.2 Å². The summed E-state index contributed by atoms with van der Waals surface area (Å²) in [5, 5.41) is 3.49. The summed E-state index contributed by atoms with van der Waals surface area (Å²) in [6.45, 7) is 0.687. The topological polar surface area (TPSA) is 69.7 Å². The van der Waals surface area contributed by atoms with E-state index in [2.05, 4.69) is 5.32 Å². The summed E-state index contributed by atoms with van der Waals surface area (Å²) < 4.78 is 0. The molecule has 0 fully saturated rings. The molecule has 1 aliphatic heterocycles. The van der Waals surface area contributed by atoms with E-state index >= 15 is 0 Å². The van der Waals surface area contributed by atoms with Crippen molar-refractivity contribution in [2.45, 2.75) is 0 Å². The second kappa shape index (κ2) is 8.08. The van der Waals surface area contributed by atoms with E-state index in [1.807, 2.05) is 0 Å². The number of imide groups is 1. The Morgan fingerprint density at radius 3 is 2.26 bits per heavy atom. The maximum absolute atomic E-state index is 12.3. The molecular formula is C19H17Cl2N3O3.